The number of imidazole rings is 1. The maximum atomic E-state index is 12.7. The molecule has 1 saturated heterocycles. The van der Waals surface area contributed by atoms with E-state index in [2.05, 4.69) is 52.9 Å². The summed E-state index contributed by atoms with van der Waals surface area (Å²) in [5.41, 5.74) is 7.16. The number of piperidine rings is 1. The molecule has 10 nitrogen and oxygen atoms in total. The molecule has 4 N–H and O–H groups in total. The fourth-order valence-corrected chi connectivity index (χ4v) is 5.53. The molecule has 6 aromatic rings. The summed E-state index contributed by atoms with van der Waals surface area (Å²) in [5.74, 6) is 1.28. The number of nitrogens with zero attached hydrogens (tertiary/aromatic N) is 5. The molecule has 1 aliphatic rings. The summed E-state index contributed by atoms with van der Waals surface area (Å²) in [5, 5.41) is 16.2. The van der Waals surface area contributed by atoms with Gasteiger partial charge in [-0.15, -0.1) is 0 Å². The van der Waals surface area contributed by atoms with Gasteiger partial charge in [0.1, 0.15) is 17.8 Å². The highest BCUT2D eigenvalue weighted by Crippen LogP contribution is 2.33. The van der Waals surface area contributed by atoms with E-state index < -0.39 is 0 Å². The van der Waals surface area contributed by atoms with Crippen molar-refractivity contribution >= 4 is 33.4 Å². The molecule has 1 aliphatic heterocycles. The Kier molecular flexibility index (Phi) is 6.09. The summed E-state index contributed by atoms with van der Waals surface area (Å²) in [6.07, 6.45) is 11.7. The molecular formula is C30H29N9O. The van der Waals surface area contributed by atoms with Gasteiger partial charge < -0.3 is 15.6 Å². The SMILES string of the molecule is Cc1cn(-c2nccc3[nH]c(-c4n[nH]c5ccc(-c6cncc(NC(=O)CC7CCNCC7)c6)cc45)cc23)cn1. The van der Waals surface area contributed by atoms with Gasteiger partial charge in [0.25, 0.3) is 0 Å². The smallest absolute Gasteiger partial charge is 0.224 e. The fraction of sp³-hybridized carbons (Fsp3) is 0.233. The first-order valence-corrected chi connectivity index (χ1v) is 13.5. The fourth-order valence-electron chi connectivity index (χ4n) is 5.53. The lowest BCUT2D eigenvalue weighted by Crippen LogP contribution is -2.30. The van der Waals surface area contributed by atoms with Crippen LogP contribution in [0.1, 0.15) is 25.0 Å². The average Bonchev–Trinajstić information content (AvgIpc) is 3.71. The van der Waals surface area contributed by atoms with E-state index in [9.17, 15) is 4.79 Å². The lowest BCUT2D eigenvalue weighted by Gasteiger charge is -2.21. The summed E-state index contributed by atoms with van der Waals surface area (Å²) in [7, 11) is 0. The molecule has 6 heterocycles. The van der Waals surface area contributed by atoms with Crippen molar-refractivity contribution in [3.8, 4) is 28.3 Å². The number of fused-ring (bicyclic) bond motifs is 2. The molecule has 0 radical (unpaired) electrons. The number of H-pyrrole nitrogens is 2. The summed E-state index contributed by atoms with van der Waals surface area (Å²) in [6, 6.07) is 12.2. The first kappa shape index (κ1) is 24.2. The molecule has 1 amide bonds. The van der Waals surface area contributed by atoms with Crippen molar-refractivity contribution in [1.29, 1.82) is 0 Å². The van der Waals surface area contributed by atoms with Gasteiger partial charge in [-0.1, -0.05) is 6.07 Å². The Morgan fingerprint density at radius 1 is 1.02 bits per heavy atom. The van der Waals surface area contributed by atoms with Gasteiger partial charge in [-0.25, -0.2) is 9.97 Å². The number of carbonyl (C=O) groups is 1. The van der Waals surface area contributed by atoms with Crippen LogP contribution in [-0.4, -0.2) is 53.7 Å². The summed E-state index contributed by atoms with van der Waals surface area (Å²) < 4.78 is 1.93. The van der Waals surface area contributed by atoms with Crippen LogP contribution in [0.2, 0.25) is 0 Å². The number of benzene rings is 1. The van der Waals surface area contributed by atoms with Crippen molar-refractivity contribution in [2.24, 2.45) is 5.92 Å². The van der Waals surface area contributed by atoms with E-state index in [1.54, 1.807) is 18.7 Å². The third-order valence-electron chi connectivity index (χ3n) is 7.59. The van der Waals surface area contributed by atoms with Crippen molar-refractivity contribution in [3.63, 3.8) is 0 Å². The molecule has 7 rings (SSSR count). The first-order chi connectivity index (χ1) is 19.6. The largest absolute Gasteiger partial charge is 0.353 e. The summed E-state index contributed by atoms with van der Waals surface area (Å²) >= 11 is 0. The molecule has 0 bridgehead atoms. The number of carbonyl (C=O) groups excluding carboxylic acids is 1. The second-order valence-corrected chi connectivity index (χ2v) is 10.4. The van der Waals surface area contributed by atoms with Crippen molar-refractivity contribution in [3.05, 3.63) is 73.2 Å². The maximum Gasteiger partial charge on any atom is 0.224 e. The van der Waals surface area contributed by atoms with Crippen molar-refractivity contribution in [2.75, 3.05) is 18.4 Å². The topological polar surface area (TPSA) is 129 Å². The Hall–Kier alpha value is -4.83. The second-order valence-electron chi connectivity index (χ2n) is 10.4. The normalized spacial score (nSPS) is 14.2. The molecule has 1 fully saturated rings. The monoisotopic (exact) mass is 531 g/mol. The van der Waals surface area contributed by atoms with Gasteiger partial charge in [-0.05, 0) is 74.7 Å². The van der Waals surface area contributed by atoms with E-state index in [1.165, 1.54) is 0 Å². The van der Waals surface area contributed by atoms with Crippen LogP contribution < -0.4 is 10.6 Å². The van der Waals surface area contributed by atoms with Crippen LogP contribution in [0.5, 0.6) is 0 Å². The van der Waals surface area contributed by atoms with E-state index in [0.29, 0.717) is 18.0 Å². The third-order valence-corrected chi connectivity index (χ3v) is 7.59. The number of pyridine rings is 2. The van der Waals surface area contributed by atoms with Crippen LogP contribution in [0.3, 0.4) is 0 Å². The summed E-state index contributed by atoms with van der Waals surface area (Å²) in [4.78, 5) is 29.5. The minimum absolute atomic E-state index is 0.0388. The number of hydrogen-bond donors (Lipinski definition) is 4. The molecule has 0 aliphatic carbocycles. The zero-order valence-electron chi connectivity index (χ0n) is 22.1. The molecular weight excluding hydrogens is 502 g/mol. The van der Waals surface area contributed by atoms with Gasteiger partial charge >= 0.3 is 0 Å². The van der Waals surface area contributed by atoms with Crippen molar-refractivity contribution < 1.29 is 4.79 Å². The molecule has 0 unspecified atom stereocenters. The van der Waals surface area contributed by atoms with Gasteiger partial charge in [0, 0.05) is 41.3 Å². The van der Waals surface area contributed by atoms with Gasteiger partial charge in [-0.2, -0.15) is 5.10 Å². The molecule has 0 spiro atoms. The highest BCUT2D eigenvalue weighted by Gasteiger charge is 2.18. The molecule has 40 heavy (non-hydrogen) atoms. The average molecular weight is 532 g/mol. The van der Waals surface area contributed by atoms with Crippen molar-refractivity contribution in [2.45, 2.75) is 26.2 Å². The lowest BCUT2D eigenvalue weighted by molar-refractivity contribution is -0.117. The molecule has 0 atom stereocenters. The van der Waals surface area contributed by atoms with Crippen LogP contribution in [0.15, 0.2) is 67.5 Å². The highest BCUT2D eigenvalue weighted by atomic mass is 16.1. The molecule has 200 valence electrons. The van der Waals surface area contributed by atoms with E-state index >= 15 is 0 Å². The van der Waals surface area contributed by atoms with E-state index in [1.807, 2.05) is 48.1 Å². The maximum absolute atomic E-state index is 12.7. The van der Waals surface area contributed by atoms with E-state index in [4.69, 9.17) is 0 Å². The Morgan fingerprint density at radius 2 is 1.93 bits per heavy atom. The van der Waals surface area contributed by atoms with Crippen LogP contribution in [0.4, 0.5) is 5.69 Å². The minimum Gasteiger partial charge on any atom is -0.353 e. The number of aryl methyl sites for hydroxylation is 1. The number of anilines is 1. The number of hydrogen-bond acceptors (Lipinski definition) is 6. The van der Waals surface area contributed by atoms with Crippen LogP contribution in [-0.2, 0) is 4.79 Å². The zero-order chi connectivity index (χ0) is 27.1. The van der Waals surface area contributed by atoms with Gasteiger partial charge in [0.05, 0.1) is 34.3 Å². The number of rotatable bonds is 6. The highest BCUT2D eigenvalue weighted by molar-refractivity contribution is 5.99. The van der Waals surface area contributed by atoms with E-state index in [0.717, 1.165) is 81.8 Å². The Balaban J connectivity index is 1.19. The number of amides is 1. The Morgan fingerprint density at radius 3 is 2.77 bits per heavy atom. The lowest BCUT2D eigenvalue weighted by atomic mass is 9.94. The van der Waals surface area contributed by atoms with Crippen molar-refractivity contribution in [1.82, 2.24) is 40.0 Å². The van der Waals surface area contributed by atoms with Crippen LogP contribution in [0, 0.1) is 12.8 Å². The predicted octanol–water partition coefficient (Wildman–Crippen LogP) is 4.99. The van der Waals surface area contributed by atoms with E-state index in [-0.39, 0.29) is 5.91 Å². The van der Waals surface area contributed by atoms with Gasteiger partial charge in [-0.3, -0.25) is 19.4 Å². The molecule has 5 aromatic heterocycles. The zero-order valence-corrected chi connectivity index (χ0v) is 22.1. The van der Waals surface area contributed by atoms with Crippen LogP contribution in [0.25, 0.3) is 50.1 Å². The number of aromatic amines is 2. The summed E-state index contributed by atoms with van der Waals surface area (Å²) in [6.45, 7) is 3.92. The third kappa shape index (κ3) is 4.62. The Bertz CT molecular complexity index is 1840. The van der Waals surface area contributed by atoms with Gasteiger partial charge in [0.2, 0.25) is 5.91 Å². The van der Waals surface area contributed by atoms with Gasteiger partial charge in [0.15, 0.2) is 0 Å². The molecule has 10 heteroatoms. The standard InChI is InChI=1S/C30H29N9O/c1-18-16-39(17-34-18)30-24-13-27(36-25(24)6-9-33-30)29-23-12-20(2-3-26(23)37-38-29)21-11-22(15-32-14-21)35-28(40)10-19-4-7-31-8-5-19/h2-3,6,9,11-17,19,31,36H,4-5,7-8,10H2,1H3,(H,35,40)(H,37,38). The number of aromatic nitrogens is 7. The predicted molar refractivity (Wildman–Crippen MR) is 155 cm³/mol. The quantitative estimate of drug-likeness (QED) is 0.240. The molecule has 0 saturated carbocycles. The minimum atomic E-state index is 0.0388. The second kappa shape index (κ2) is 10.0. The molecule has 1 aromatic carbocycles. The Labute approximate surface area is 230 Å². The van der Waals surface area contributed by atoms with Crippen LogP contribution >= 0.6 is 0 Å². The first-order valence-electron chi connectivity index (χ1n) is 13.5. The number of nitrogens with one attached hydrogen (secondary N) is 4.